The van der Waals surface area contributed by atoms with Crippen LogP contribution in [0.15, 0.2) is 36.7 Å². The van der Waals surface area contributed by atoms with Crippen molar-refractivity contribution in [2.24, 2.45) is 0 Å². The second kappa shape index (κ2) is 7.42. The van der Waals surface area contributed by atoms with Crippen molar-refractivity contribution in [3.05, 3.63) is 53.9 Å². The number of aryl methyl sites for hydroxylation is 1. The predicted octanol–water partition coefficient (Wildman–Crippen LogP) is 1.75. The molecule has 3 rings (SSSR count). The average molecular weight is 333 g/mol. The van der Waals surface area contributed by atoms with E-state index in [9.17, 15) is 14.6 Å². The lowest BCUT2D eigenvalue weighted by atomic mass is 9.94. The topological polar surface area (TPSA) is 61.5 Å². The highest BCUT2D eigenvalue weighted by Crippen LogP contribution is 2.33. The van der Waals surface area contributed by atoms with Gasteiger partial charge in [0.05, 0.1) is 25.3 Å². The number of likely N-dealkylation sites (tertiary alicyclic amines) is 1. The first-order valence-electron chi connectivity index (χ1n) is 8.42. The summed E-state index contributed by atoms with van der Waals surface area (Å²) in [6, 6.07) is 5.89. The van der Waals surface area contributed by atoms with E-state index in [0.29, 0.717) is 13.1 Å². The van der Waals surface area contributed by atoms with Gasteiger partial charge in [0.1, 0.15) is 11.6 Å². The minimum absolute atomic E-state index is 0.118. The Morgan fingerprint density at radius 1 is 1.29 bits per heavy atom. The van der Waals surface area contributed by atoms with Gasteiger partial charge in [0.2, 0.25) is 0 Å². The van der Waals surface area contributed by atoms with Crippen LogP contribution in [0.1, 0.15) is 30.7 Å². The number of benzene rings is 1. The molecule has 1 fully saturated rings. The fraction of sp³-hybridized carbons (Fsp3) is 0.500. The molecule has 1 aromatic carbocycles. The Hall–Kier alpha value is -1.76. The van der Waals surface area contributed by atoms with Gasteiger partial charge >= 0.3 is 0 Å². The Bertz CT molecular complexity index is 659. The van der Waals surface area contributed by atoms with Crippen LogP contribution >= 0.6 is 0 Å². The molecule has 2 aromatic rings. The fourth-order valence-electron chi connectivity index (χ4n) is 3.52. The molecule has 0 saturated carbocycles. The lowest BCUT2D eigenvalue weighted by Crippen LogP contribution is -2.38. The van der Waals surface area contributed by atoms with Crippen molar-refractivity contribution in [1.29, 1.82) is 0 Å². The van der Waals surface area contributed by atoms with E-state index in [1.54, 1.807) is 18.3 Å². The highest BCUT2D eigenvalue weighted by molar-refractivity contribution is 5.24. The van der Waals surface area contributed by atoms with Gasteiger partial charge in [-0.1, -0.05) is 19.1 Å². The van der Waals surface area contributed by atoms with Gasteiger partial charge in [-0.15, -0.1) is 0 Å². The fourth-order valence-corrected chi connectivity index (χ4v) is 3.52. The molecule has 6 heteroatoms. The number of hydrogen-bond acceptors (Lipinski definition) is 4. The lowest BCUT2D eigenvalue weighted by molar-refractivity contribution is 0.0627. The number of aliphatic hydroxyl groups excluding tert-OH is 2. The van der Waals surface area contributed by atoms with Gasteiger partial charge in [0.25, 0.3) is 0 Å². The van der Waals surface area contributed by atoms with Crippen LogP contribution in [0.2, 0.25) is 0 Å². The summed E-state index contributed by atoms with van der Waals surface area (Å²) >= 11 is 0. The molecule has 5 nitrogen and oxygen atoms in total. The Labute approximate surface area is 141 Å². The molecule has 2 heterocycles. The summed E-state index contributed by atoms with van der Waals surface area (Å²) < 4.78 is 15.2. The SMILES string of the molecule is CCCn1ccnc1CN1C[C@H](c2ccc(F)cc2)[C@@H](O)[C@H]1CO. The van der Waals surface area contributed by atoms with Gasteiger partial charge in [-0.2, -0.15) is 0 Å². The first-order chi connectivity index (χ1) is 11.6. The van der Waals surface area contributed by atoms with E-state index in [1.165, 1.54) is 12.1 Å². The zero-order valence-corrected chi connectivity index (χ0v) is 13.8. The molecule has 0 bridgehead atoms. The van der Waals surface area contributed by atoms with Crippen LogP contribution in [-0.4, -0.2) is 50.0 Å². The van der Waals surface area contributed by atoms with Crippen LogP contribution in [0.5, 0.6) is 0 Å². The highest BCUT2D eigenvalue weighted by atomic mass is 19.1. The Kier molecular flexibility index (Phi) is 5.28. The van der Waals surface area contributed by atoms with Gasteiger partial charge < -0.3 is 14.8 Å². The smallest absolute Gasteiger partial charge is 0.123 e. The summed E-state index contributed by atoms with van der Waals surface area (Å²) in [4.78, 5) is 6.47. The van der Waals surface area contributed by atoms with Gasteiger partial charge in [0, 0.05) is 31.4 Å². The molecule has 1 aromatic heterocycles. The number of nitrogens with zero attached hydrogens (tertiary/aromatic N) is 3. The first-order valence-corrected chi connectivity index (χ1v) is 8.42. The normalized spacial score (nSPS) is 24.6. The van der Waals surface area contributed by atoms with Crippen molar-refractivity contribution < 1.29 is 14.6 Å². The maximum absolute atomic E-state index is 13.1. The molecule has 0 radical (unpaired) electrons. The van der Waals surface area contributed by atoms with Crippen molar-refractivity contribution in [2.75, 3.05) is 13.2 Å². The van der Waals surface area contributed by atoms with Crippen molar-refractivity contribution in [3.63, 3.8) is 0 Å². The third kappa shape index (κ3) is 3.36. The number of halogens is 1. The number of imidazole rings is 1. The molecular formula is C18H24FN3O2. The largest absolute Gasteiger partial charge is 0.395 e. The van der Waals surface area contributed by atoms with Crippen LogP contribution in [0.4, 0.5) is 4.39 Å². The molecule has 2 N–H and O–H groups in total. The molecule has 3 atom stereocenters. The van der Waals surface area contributed by atoms with Crippen molar-refractivity contribution in [2.45, 2.75) is 44.5 Å². The Balaban J connectivity index is 1.78. The molecule has 1 aliphatic rings. The van der Waals surface area contributed by atoms with E-state index in [0.717, 1.165) is 24.4 Å². The molecular weight excluding hydrogens is 309 g/mol. The van der Waals surface area contributed by atoms with Crippen LogP contribution in [-0.2, 0) is 13.1 Å². The first kappa shape index (κ1) is 17.1. The molecule has 1 aliphatic heterocycles. The van der Waals surface area contributed by atoms with Crippen LogP contribution in [0, 0.1) is 5.82 Å². The highest BCUT2D eigenvalue weighted by Gasteiger charge is 2.41. The monoisotopic (exact) mass is 333 g/mol. The number of aromatic nitrogens is 2. The van der Waals surface area contributed by atoms with Crippen LogP contribution in [0.25, 0.3) is 0 Å². The molecule has 0 spiro atoms. The quantitative estimate of drug-likeness (QED) is 0.846. The summed E-state index contributed by atoms with van der Waals surface area (Å²) in [5.41, 5.74) is 0.891. The van der Waals surface area contributed by atoms with E-state index >= 15 is 0 Å². The summed E-state index contributed by atoms with van der Waals surface area (Å²) in [6.07, 6.45) is 4.07. The van der Waals surface area contributed by atoms with Gasteiger partial charge in [-0.3, -0.25) is 4.90 Å². The molecule has 0 unspecified atom stereocenters. The summed E-state index contributed by atoms with van der Waals surface area (Å²) in [7, 11) is 0. The van der Waals surface area contributed by atoms with Crippen LogP contribution in [0.3, 0.4) is 0 Å². The minimum atomic E-state index is -0.685. The Morgan fingerprint density at radius 2 is 2.04 bits per heavy atom. The van der Waals surface area contributed by atoms with Crippen molar-refractivity contribution in [3.8, 4) is 0 Å². The number of aliphatic hydroxyl groups is 2. The van der Waals surface area contributed by atoms with E-state index in [4.69, 9.17) is 0 Å². The summed E-state index contributed by atoms with van der Waals surface area (Å²) in [5.74, 6) is 0.503. The Morgan fingerprint density at radius 3 is 2.71 bits per heavy atom. The third-order valence-electron chi connectivity index (χ3n) is 4.80. The third-order valence-corrected chi connectivity index (χ3v) is 4.80. The molecule has 1 saturated heterocycles. The summed E-state index contributed by atoms with van der Waals surface area (Å²) in [5, 5.41) is 20.3. The van der Waals surface area contributed by atoms with Crippen LogP contribution < -0.4 is 0 Å². The molecule has 0 amide bonds. The van der Waals surface area contributed by atoms with Gasteiger partial charge in [0.15, 0.2) is 0 Å². The zero-order valence-electron chi connectivity index (χ0n) is 13.8. The molecule has 24 heavy (non-hydrogen) atoms. The van der Waals surface area contributed by atoms with E-state index in [-0.39, 0.29) is 24.4 Å². The maximum Gasteiger partial charge on any atom is 0.123 e. The minimum Gasteiger partial charge on any atom is -0.395 e. The molecule has 130 valence electrons. The van der Waals surface area contributed by atoms with Crippen molar-refractivity contribution >= 4 is 0 Å². The van der Waals surface area contributed by atoms with Gasteiger partial charge in [-0.25, -0.2) is 9.37 Å². The summed E-state index contributed by atoms with van der Waals surface area (Å²) in [6.45, 7) is 4.08. The van der Waals surface area contributed by atoms with E-state index in [2.05, 4.69) is 21.4 Å². The molecule has 0 aliphatic carbocycles. The lowest BCUT2D eigenvalue weighted by Gasteiger charge is -2.24. The van der Waals surface area contributed by atoms with Gasteiger partial charge in [-0.05, 0) is 24.1 Å². The number of rotatable bonds is 6. The van der Waals surface area contributed by atoms with E-state index < -0.39 is 6.10 Å². The maximum atomic E-state index is 13.1. The predicted molar refractivity (Wildman–Crippen MR) is 88.9 cm³/mol. The zero-order chi connectivity index (χ0) is 17.1. The number of hydrogen-bond donors (Lipinski definition) is 2. The standard InChI is InChI=1S/C18H24FN3O2/c1-2-8-21-9-7-20-17(21)11-22-10-15(18(24)16(22)12-23)13-3-5-14(19)6-4-13/h3-7,9,15-16,18,23-24H,2,8,10-12H2,1H3/t15-,16-,18-/m1/s1. The second-order valence-corrected chi connectivity index (χ2v) is 6.36. The van der Waals surface area contributed by atoms with E-state index in [1.807, 2.05) is 6.20 Å². The van der Waals surface area contributed by atoms with Crippen molar-refractivity contribution in [1.82, 2.24) is 14.5 Å². The average Bonchev–Trinajstić information content (AvgIpc) is 3.13. The second-order valence-electron chi connectivity index (χ2n) is 6.36.